The molecule has 8 nitrogen and oxygen atoms in total. The molecule has 0 bridgehead atoms. The minimum absolute atomic E-state index is 0.000455. The van der Waals surface area contributed by atoms with E-state index in [1.54, 1.807) is 33.5 Å². The molecule has 0 unspecified atom stereocenters. The molecule has 1 atom stereocenters. The quantitative estimate of drug-likeness (QED) is 0.457. The molecular formula is C27H33N3O5. The van der Waals surface area contributed by atoms with Gasteiger partial charge in [-0.3, -0.25) is 4.79 Å². The van der Waals surface area contributed by atoms with Gasteiger partial charge in [0, 0.05) is 44.7 Å². The van der Waals surface area contributed by atoms with Gasteiger partial charge in [0.15, 0.2) is 0 Å². The van der Waals surface area contributed by atoms with Gasteiger partial charge in [-0.05, 0) is 43.2 Å². The van der Waals surface area contributed by atoms with Gasteiger partial charge in [-0.15, -0.1) is 0 Å². The number of aromatic nitrogens is 1. The molecule has 3 aromatic rings. The Labute approximate surface area is 206 Å². The van der Waals surface area contributed by atoms with E-state index < -0.39 is 0 Å². The fourth-order valence-corrected chi connectivity index (χ4v) is 4.54. The topological polar surface area (TPSA) is 73.4 Å². The van der Waals surface area contributed by atoms with E-state index in [1.807, 2.05) is 54.2 Å². The van der Waals surface area contributed by atoms with E-state index in [-0.39, 0.29) is 12.0 Å². The second-order valence-corrected chi connectivity index (χ2v) is 8.75. The highest BCUT2D eigenvalue weighted by molar-refractivity contribution is 5.97. The van der Waals surface area contributed by atoms with Crippen LogP contribution in [0.3, 0.4) is 0 Å². The predicted molar refractivity (Wildman–Crippen MR) is 136 cm³/mol. The van der Waals surface area contributed by atoms with Crippen molar-refractivity contribution in [2.45, 2.75) is 25.5 Å². The summed E-state index contributed by atoms with van der Waals surface area (Å²) in [6.07, 6.45) is 1.93. The molecule has 1 saturated heterocycles. The number of ether oxygens (including phenoxy) is 4. The summed E-state index contributed by atoms with van der Waals surface area (Å²) >= 11 is 0. The van der Waals surface area contributed by atoms with Gasteiger partial charge in [0.1, 0.15) is 28.6 Å². The Morgan fingerprint density at radius 3 is 2.40 bits per heavy atom. The minimum atomic E-state index is -0.111. The van der Waals surface area contributed by atoms with Gasteiger partial charge in [-0.1, -0.05) is 12.1 Å². The Bertz CT molecular complexity index is 1190. The predicted octanol–water partition coefficient (Wildman–Crippen LogP) is 4.15. The Balaban J connectivity index is 1.80. The van der Waals surface area contributed by atoms with Gasteiger partial charge < -0.3 is 28.7 Å². The summed E-state index contributed by atoms with van der Waals surface area (Å²) in [7, 11) is 8.72. The summed E-state index contributed by atoms with van der Waals surface area (Å²) in [5.74, 6) is 2.55. The number of carbonyl (C=O) groups is 1. The van der Waals surface area contributed by atoms with Crippen LogP contribution < -0.4 is 19.1 Å². The molecule has 35 heavy (non-hydrogen) atoms. The second kappa shape index (κ2) is 10.8. The maximum absolute atomic E-state index is 13.8. The molecule has 0 N–H and O–H groups in total. The molecule has 1 aliphatic heterocycles. The highest BCUT2D eigenvalue weighted by atomic mass is 16.5. The van der Waals surface area contributed by atoms with E-state index in [0.717, 1.165) is 36.2 Å². The third-order valence-corrected chi connectivity index (χ3v) is 6.26. The SMILES string of the molecule is COc1ccccc1C(=O)N(Cc1cc2c(OC)ccc(OC)c2nc1N(C)C)C[C@@H]1CCCO1. The Morgan fingerprint density at radius 1 is 1.03 bits per heavy atom. The number of benzene rings is 2. The first-order chi connectivity index (χ1) is 17.0. The molecule has 1 fully saturated rings. The van der Waals surface area contributed by atoms with E-state index in [9.17, 15) is 4.79 Å². The standard InChI is InChI=1S/C27H33N3O5/c1-29(2)26-18(15-21-23(33-4)12-13-24(34-5)25(21)28-26)16-30(17-19-9-8-14-35-19)27(31)20-10-6-7-11-22(20)32-3/h6-7,10-13,15,19H,8-9,14,16-17H2,1-5H3/t19-/m0/s1. The Hall–Kier alpha value is -3.52. The zero-order valence-corrected chi connectivity index (χ0v) is 21.0. The Morgan fingerprint density at radius 2 is 1.74 bits per heavy atom. The maximum atomic E-state index is 13.8. The van der Waals surface area contributed by atoms with Crippen LogP contribution in [0.5, 0.6) is 17.2 Å². The van der Waals surface area contributed by atoms with Gasteiger partial charge in [0.25, 0.3) is 5.91 Å². The number of rotatable bonds is 9. The molecule has 186 valence electrons. The zero-order chi connectivity index (χ0) is 24.9. The fraction of sp³-hybridized carbons (Fsp3) is 0.407. The van der Waals surface area contributed by atoms with Gasteiger partial charge in [-0.25, -0.2) is 4.98 Å². The molecule has 1 aromatic heterocycles. The third-order valence-electron chi connectivity index (χ3n) is 6.26. The number of methoxy groups -OCH3 is 3. The molecule has 0 saturated carbocycles. The lowest BCUT2D eigenvalue weighted by Crippen LogP contribution is -2.37. The number of pyridine rings is 1. The van der Waals surface area contributed by atoms with Crippen LogP contribution in [0.2, 0.25) is 0 Å². The first kappa shape index (κ1) is 24.6. The van der Waals surface area contributed by atoms with Gasteiger partial charge in [0.05, 0.1) is 33.0 Å². The van der Waals surface area contributed by atoms with Crippen LogP contribution in [-0.4, -0.2) is 70.5 Å². The lowest BCUT2D eigenvalue weighted by atomic mass is 10.1. The number of nitrogens with zero attached hydrogens (tertiary/aromatic N) is 3. The van der Waals surface area contributed by atoms with Gasteiger partial charge in [-0.2, -0.15) is 0 Å². The molecule has 2 aromatic carbocycles. The summed E-state index contributed by atoms with van der Waals surface area (Å²) in [5, 5.41) is 0.828. The fourth-order valence-electron chi connectivity index (χ4n) is 4.54. The lowest BCUT2D eigenvalue weighted by Gasteiger charge is -2.28. The van der Waals surface area contributed by atoms with Crippen LogP contribution in [0.1, 0.15) is 28.8 Å². The summed E-state index contributed by atoms with van der Waals surface area (Å²) in [4.78, 5) is 22.5. The minimum Gasteiger partial charge on any atom is -0.496 e. The van der Waals surface area contributed by atoms with E-state index in [2.05, 4.69) is 0 Å². The van der Waals surface area contributed by atoms with Crippen LogP contribution in [0.4, 0.5) is 5.82 Å². The van der Waals surface area contributed by atoms with Crippen molar-refractivity contribution in [3.8, 4) is 17.2 Å². The molecule has 0 aliphatic carbocycles. The average Bonchev–Trinajstić information content (AvgIpc) is 3.39. The zero-order valence-electron chi connectivity index (χ0n) is 21.0. The Kier molecular flexibility index (Phi) is 7.60. The molecule has 0 spiro atoms. The summed E-state index contributed by atoms with van der Waals surface area (Å²) in [5.41, 5.74) is 2.13. The number of fused-ring (bicyclic) bond motifs is 1. The largest absolute Gasteiger partial charge is 0.496 e. The van der Waals surface area contributed by atoms with Crippen molar-refractivity contribution in [1.29, 1.82) is 0 Å². The average molecular weight is 480 g/mol. The van der Waals surface area contributed by atoms with E-state index in [4.69, 9.17) is 23.9 Å². The molecule has 8 heteroatoms. The molecule has 0 radical (unpaired) electrons. The van der Waals surface area contributed by atoms with Gasteiger partial charge >= 0.3 is 0 Å². The number of carbonyl (C=O) groups excluding carboxylic acids is 1. The third kappa shape index (κ3) is 5.12. The maximum Gasteiger partial charge on any atom is 0.258 e. The first-order valence-electron chi connectivity index (χ1n) is 11.7. The number of anilines is 1. The second-order valence-electron chi connectivity index (χ2n) is 8.75. The van der Waals surface area contributed by atoms with Crippen LogP contribution >= 0.6 is 0 Å². The van der Waals surface area contributed by atoms with E-state index in [0.29, 0.717) is 41.4 Å². The van der Waals surface area contributed by atoms with Crippen LogP contribution in [0, 0.1) is 0 Å². The van der Waals surface area contributed by atoms with Crippen molar-refractivity contribution in [2.24, 2.45) is 0 Å². The van der Waals surface area contributed by atoms with Crippen LogP contribution in [0.25, 0.3) is 10.9 Å². The van der Waals surface area contributed by atoms with E-state index >= 15 is 0 Å². The molecular weight excluding hydrogens is 446 g/mol. The van der Waals surface area contributed by atoms with Crippen molar-refractivity contribution >= 4 is 22.6 Å². The van der Waals surface area contributed by atoms with Crippen LogP contribution in [0.15, 0.2) is 42.5 Å². The van der Waals surface area contributed by atoms with Gasteiger partial charge in [0.2, 0.25) is 0 Å². The normalized spacial score (nSPS) is 15.2. The number of para-hydroxylation sites is 1. The van der Waals surface area contributed by atoms with Crippen molar-refractivity contribution < 1.29 is 23.7 Å². The summed E-state index contributed by atoms with van der Waals surface area (Å²) in [6.45, 7) is 1.56. The first-order valence-corrected chi connectivity index (χ1v) is 11.7. The summed E-state index contributed by atoms with van der Waals surface area (Å²) < 4.78 is 22.6. The van der Waals surface area contributed by atoms with Crippen molar-refractivity contribution in [1.82, 2.24) is 9.88 Å². The number of amides is 1. The highest BCUT2D eigenvalue weighted by Gasteiger charge is 2.27. The molecule has 1 amide bonds. The molecule has 1 aliphatic rings. The summed E-state index contributed by atoms with van der Waals surface area (Å²) in [6, 6.07) is 13.1. The molecule has 4 rings (SSSR count). The van der Waals surface area contributed by atoms with Crippen molar-refractivity contribution in [3.63, 3.8) is 0 Å². The van der Waals surface area contributed by atoms with Crippen molar-refractivity contribution in [2.75, 3.05) is 53.5 Å². The number of hydrogen-bond acceptors (Lipinski definition) is 7. The lowest BCUT2D eigenvalue weighted by molar-refractivity contribution is 0.0505. The molecule has 2 heterocycles. The van der Waals surface area contributed by atoms with Crippen LogP contribution in [-0.2, 0) is 11.3 Å². The highest BCUT2D eigenvalue weighted by Crippen LogP contribution is 2.36. The van der Waals surface area contributed by atoms with Crippen molar-refractivity contribution in [3.05, 3.63) is 53.6 Å². The van der Waals surface area contributed by atoms with E-state index in [1.165, 1.54) is 0 Å². The smallest absolute Gasteiger partial charge is 0.258 e. The monoisotopic (exact) mass is 479 g/mol. The number of hydrogen-bond donors (Lipinski definition) is 0.